The second kappa shape index (κ2) is 10.5. The van der Waals surface area contributed by atoms with Gasteiger partial charge in [0.15, 0.2) is 5.78 Å². The molecule has 0 bridgehead atoms. The predicted molar refractivity (Wildman–Crippen MR) is 146 cm³/mol. The van der Waals surface area contributed by atoms with Gasteiger partial charge in [-0.3, -0.25) is 9.59 Å². The van der Waals surface area contributed by atoms with Crippen LogP contribution in [0.4, 0.5) is 0 Å². The quantitative estimate of drug-likeness (QED) is 0.169. The van der Waals surface area contributed by atoms with Crippen LogP contribution in [0.15, 0.2) is 78.9 Å². The maximum absolute atomic E-state index is 13.2. The van der Waals surface area contributed by atoms with Gasteiger partial charge in [-0.1, -0.05) is 41.9 Å². The topological polar surface area (TPSA) is 82.1 Å². The Balaban J connectivity index is 1.29. The standard InChI is InChI=1S/C32H25ClO6/c33-22-8-6-20(7-9-22)31(35)24-10-12-28-30(32(24)36)25(18-29(34)39-28)23-3-1-2-4-27(23)38-15-13-19-5-11-26-21(17-19)14-16-37-26/h1-12,17,25,36H,13-16,18H2/t25-/m1/s1. The molecule has 0 radical (unpaired) electrons. The third-order valence-electron chi connectivity index (χ3n) is 7.17. The molecule has 1 atom stereocenters. The fraction of sp³-hybridized carbons (Fsp3) is 0.188. The van der Waals surface area contributed by atoms with Crippen LogP contribution in [0.5, 0.6) is 23.0 Å². The van der Waals surface area contributed by atoms with Gasteiger partial charge in [0.1, 0.15) is 23.0 Å². The zero-order valence-electron chi connectivity index (χ0n) is 21.0. The fourth-order valence-corrected chi connectivity index (χ4v) is 5.35. The first-order chi connectivity index (χ1) is 19.0. The number of carbonyl (C=O) groups excluding carboxylic acids is 2. The lowest BCUT2D eigenvalue weighted by Crippen LogP contribution is -2.22. The number of phenolic OH excluding ortho intramolecular Hbond substituents is 1. The van der Waals surface area contributed by atoms with Crippen LogP contribution >= 0.6 is 11.6 Å². The normalized spacial score (nSPS) is 15.6. The molecule has 4 aromatic rings. The summed E-state index contributed by atoms with van der Waals surface area (Å²) in [5, 5.41) is 11.9. The largest absolute Gasteiger partial charge is 0.507 e. The molecule has 0 spiro atoms. The Kier molecular flexibility index (Phi) is 6.71. The van der Waals surface area contributed by atoms with Crippen molar-refractivity contribution in [1.29, 1.82) is 0 Å². The van der Waals surface area contributed by atoms with E-state index in [0.717, 1.165) is 23.3 Å². The number of halogens is 1. The van der Waals surface area contributed by atoms with Crippen LogP contribution < -0.4 is 14.2 Å². The van der Waals surface area contributed by atoms with Crippen molar-refractivity contribution >= 4 is 23.4 Å². The third-order valence-corrected chi connectivity index (χ3v) is 7.42. The molecule has 2 aliphatic heterocycles. The van der Waals surface area contributed by atoms with Gasteiger partial charge in [0.25, 0.3) is 0 Å². The monoisotopic (exact) mass is 540 g/mol. The van der Waals surface area contributed by atoms with E-state index in [-0.39, 0.29) is 29.3 Å². The number of fused-ring (bicyclic) bond motifs is 2. The lowest BCUT2D eigenvalue weighted by Gasteiger charge is -2.27. The average Bonchev–Trinajstić information content (AvgIpc) is 3.41. The summed E-state index contributed by atoms with van der Waals surface area (Å²) in [6, 6.07) is 23.2. The number of aromatic hydroxyl groups is 1. The molecule has 0 aliphatic carbocycles. The first kappa shape index (κ1) is 25.0. The van der Waals surface area contributed by atoms with Gasteiger partial charge in [0.05, 0.1) is 25.2 Å². The summed E-state index contributed by atoms with van der Waals surface area (Å²) >= 11 is 5.97. The molecule has 7 heteroatoms. The molecule has 0 saturated carbocycles. The van der Waals surface area contributed by atoms with Gasteiger partial charge in [-0.25, -0.2) is 0 Å². The molecule has 6 rings (SSSR count). The molecular formula is C32H25ClO6. The van der Waals surface area contributed by atoms with Gasteiger partial charge >= 0.3 is 5.97 Å². The number of hydrogen-bond acceptors (Lipinski definition) is 6. The van der Waals surface area contributed by atoms with Crippen LogP contribution in [0.1, 0.15) is 50.5 Å². The van der Waals surface area contributed by atoms with Crippen molar-refractivity contribution in [1.82, 2.24) is 0 Å². The molecule has 0 unspecified atom stereocenters. The number of phenols is 1. The van der Waals surface area contributed by atoms with Crippen LogP contribution in [0, 0.1) is 0 Å². The molecule has 0 aromatic heterocycles. The molecule has 4 aromatic carbocycles. The van der Waals surface area contributed by atoms with Crippen LogP contribution in [-0.2, 0) is 17.6 Å². The highest BCUT2D eigenvalue weighted by Gasteiger charge is 2.35. The molecule has 1 N–H and O–H groups in total. The highest BCUT2D eigenvalue weighted by molar-refractivity contribution is 6.30. The number of ether oxygens (including phenoxy) is 3. The van der Waals surface area contributed by atoms with Crippen molar-refractivity contribution in [2.24, 2.45) is 0 Å². The summed E-state index contributed by atoms with van der Waals surface area (Å²) in [5.74, 6) is 0.262. The van der Waals surface area contributed by atoms with E-state index in [1.165, 1.54) is 11.6 Å². The van der Waals surface area contributed by atoms with Crippen molar-refractivity contribution in [3.8, 4) is 23.0 Å². The Labute approximate surface area is 230 Å². The van der Waals surface area contributed by atoms with Gasteiger partial charge < -0.3 is 19.3 Å². The number of carbonyl (C=O) groups is 2. The predicted octanol–water partition coefficient (Wildman–Crippen LogP) is 6.27. The summed E-state index contributed by atoms with van der Waals surface area (Å²) in [5.41, 5.74) is 4.02. The minimum Gasteiger partial charge on any atom is -0.507 e. The first-order valence-electron chi connectivity index (χ1n) is 12.8. The highest BCUT2D eigenvalue weighted by Crippen LogP contribution is 2.47. The van der Waals surface area contributed by atoms with E-state index < -0.39 is 11.9 Å². The summed E-state index contributed by atoms with van der Waals surface area (Å²) in [6.45, 7) is 1.15. The van der Waals surface area contributed by atoms with E-state index >= 15 is 0 Å². The maximum atomic E-state index is 13.2. The van der Waals surface area contributed by atoms with E-state index in [2.05, 4.69) is 6.07 Å². The molecular weight excluding hydrogens is 516 g/mol. The summed E-state index contributed by atoms with van der Waals surface area (Å²) in [6.07, 6.45) is 1.62. The number of benzene rings is 4. The van der Waals surface area contributed by atoms with Gasteiger partial charge in [0, 0.05) is 40.5 Å². The molecule has 2 heterocycles. The zero-order chi connectivity index (χ0) is 26.9. The fourth-order valence-electron chi connectivity index (χ4n) is 5.23. The van der Waals surface area contributed by atoms with E-state index in [1.807, 2.05) is 36.4 Å². The van der Waals surface area contributed by atoms with Gasteiger partial charge in [-0.2, -0.15) is 0 Å². The Morgan fingerprint density at radius 1 is 1.00 bits per heavy atom. The Hall–Kier alpha value is -4.29. The molecule has 6 nitrogen and oxygen atoms in total. The van der Waals surface area contributed by atoms with Gasteiger partial charge in [-0.05, 0) is 59.7 Å². The number of hydrogen-bond donors (Lipinski definition) is 1. The minimum absolute atomic E-state index is 0.00431. The van der Waals surface area contributed by atoms with Crippen LogP contribution in [0.3, 0.4) is 0 Å². The first-order valence-corrected chi connectivity index (χ1v) is 13.2. The van der Waals surface area contributed by atoms with E-state index in [0.29, 0.717) is 41.5 Å². The number of rotatable bonds is 7. The highest BCUT2D eigenvalue weighted by atomic mass is 35.5. The second-order valence-corrected chi connectivity index (χ2v) is 10.1. The minimum atomic E-state index is -0.549. The Morgan fingerprint density at radius 3 is 2.64 bits per heavy atom. The van der Waals surface area contributed by atoms with Crippen LogP contribution in [-0.4, -0.2) is 30.1 Å². The maximum Gasteiger partial charge on any atom is 0.312 e. The molecule has 39 heavy (non-hydrogen) atoms. The van der Waals surface area contributed by atoms with Crippen LogP contribution in [0.2, 0.25) is 5.02 Å². The van der Waals surface area contributed by atoms with Gasteiger partial charge in [-0.15, -0.1) is 0 Å². The summed E-state index contributed by atoms with van der Waals surface area (Å²) in [7, 11) is 0. The lowest BCUT2D eigenvalue weighted by atomic mass is 9.83. The molecule has 196 valence electrons. The Morgan fingerprint density at radius 2 is 1.79 bits per heavy atom. The second-order valence-electron chi connectivity index (χ2n) is 9.62. The lowest BCUT2D eigenvalue weighted by molar-refractivity contribution is -0.135. The van der Waals surface area contributed by atoms with Crippen molar-refractivity contribution in [3.05, 3.63) is 117 Å². The average molecular weight is 541 g/mol. The molecule has 0 fully saturated rings. The number of esters is 1. The SMILES string of the molecule is O=C1C[C@H](c2ccccc2OCCc2ccc3c(c2)CCO3)c2c(ccc(C(=O)c3ccc(Cl)cc3)c2O)O1. The smallest absolute Gasteiger partial charge is 0.312 e. The number of ketones is 1. The molecule has 2 aliphatic rings. The van der Waals surface area contributed by atoms with E-state index in [4.69, 9.17) is 25.8 Å². The number of para-hydroxylation sites is 1. The van der Waals surface area contributed by atoms with Crippen molar-refractivity contribution in [2.75, 3.05) is 13.2 Å². The van der Waals surface area contributed by atoms with Gasteiger partial charge in [0.2, 0.25) is 0 Å². The van der Waals surface area contributed by atoms with Crippen molar-refractivity contribution in [2.45, 2.75) is 25.2 Å². The van der Waals surface area contributed by atoms with Crippen LogP contribution in [0.25, 0.3) is 0 Å². The summed E-state index contributed by atoms with van der Waals surface area (Å²) < 4.78 is 17.3. The Bertz CT molecular complexity index is 1580. The summed E-state index contributed by atoms with van der Waals surface area (Å²) in [4.78, 5) is 25.8. The van der Waals surface area contributed by atoms with Crippen molar-refractivity contribution < 1.29 is 28.9 Å². The zero-order valence-corrected chi connectivity index (χ0v) is 21.7. The van der Waals surface area contributed by atoms with Crippen molar-refractivity contribution in [3.63, 3.8) is 0 Å². The molecule has 0 amide bonds. The van der Waals surface area contributed by atoms with E-state index in [9.17, 15) is 14.7 Å². The third kappa shape index (κ3) is 4.95. The van der Waals surface area contributed by atoms with E-state index in [1.54, 1.807) is 30.3 Å². The molecule has 0 saturated heterocycles.